The first-order valence-corrected chi connectivity index (χ1v) is 15.1. The molecule has 0 spiro atoms. The molecule has 2 atom stereocenters. The zero-order valence-corrected chi connectivity index (χ0v) is 24.6. The van der Waals surface area contributed by atoms with Gasteiger partial charge in [-0.1, -0.05) is 61.5 Å². The van der Waals surface area contributed by atoms with Gasteiger partial charge in [-0.15, -0.1) is 6.58 Å². The van der Waals surface area contributed by atoms with Crippen molar-refractivity contribution in [1.29, 1.82) is 0 Å². The van der Waals surface area contributed by atoms with E-state index in [9.17, 15) is 4.79 Å². The van der Waals surface area contributed by atoms with Crippen molar-refractivity contribution in [2.24, 2.45) is 0 Å². The van der Waals surface area contributed by atoms with Gasteiger partial charge in [0.25, 0.3) is 8.53 Å². The molecule has 0 aliphatic heterocycles. The lowest BCUT2D eigenvalue weighted by Crippen LogP contribution is -2.34. The average Bonchev–Trinajstić information content (AvgIpc) is 3.22. The third-order valence-electron chi connectivity index (χ3n) is 6.81. The Kier molecular flexibility index (Phi) is 12.3. The highest BCUT2D eigenvalue weighted by molar-refractivity contribution is 7.44. The predicted molar refractivity (Wildman–Crippen MR) is 157 cm³/mol. The third-order valence-corrected chi connectivity index (χ3v) is 8.96. The second kappa shape index (κ2) is 15.4. The molecular weight excluding hydrogens is 495 g/mol. The van der Waals surface area contributed by atoms with Crippen LogP contribution in [0.25, 0.3) is 11.1 Å². The van der Waals surface area contributed by atoms with Gasteiger partial charge in [0.1, 0.15) is 6.61 Å². The number of amides is 1. The summed E-state index contributed by atoms with van der Waals surface area (Å²) in [5, 5.41) is 2.92. The lowest BCUT2D eigenvalue weighted by molar-refractivity contribution is 0.126. The quantitative estimate of drug-likeness (QED) is 0.133. The Balaban J connectivity index is 1.42. The predicted octanol–water partition coefficient (Wildman–Crippen LogP) is 8.04. The molecule has 1 unspecified atom stereocenters. The molecule has 2 aromatic carbocycles. The van der Waals surface area contributed by atoms with Crippen molar-refractivity contribution < 1.29 is 18.6 Å². The van der Waals surface area contributed by atoms with E-state index in [1.807, 2.05) is 12.1 Å². The summed E-state index contributed by atoms with van der Waals surface area (Å²) in [6, 6.07) is 17.4. The van der Waals surface area contributed by atoms with E-state index in [1.54, 1.807) is 6.08 Å². The molecule has 2 aromatic rings. The summed E-state index contributed by atoms with van der Waals surface area (Å²) in [5.41, 5.74) is 4.90. The van der Waals surface area contributed by atoms with E-state index in [2.05, 4.69) is 87.6 Å². The van der Waals surface area contributed by atoms with Crippen molar-refractivity contribution in [2.75, 3.05) is 19.8 Å². The van der Waals surface area contributed by atoms with Crippen molar-refractivity contribution in [3.8, 4) is 11.1 Å². The van der Waals surface area contributed by atoms with Gasteiger partial charge in [-0.05, 0) is 75.6 Å². The maximum Gasteiger partial charge on any atom is 0.407 e. The number of nitrogens with zero attached hydrogens (tertiary/aromatic N) is 1. The Labute approximate surface area is 230 Å². The minimum atomic E-state index is -1.16. The van der Waals surface area contributed by atoms with Gasteiger partial charge in [0.2, 0.25) is 0 Å². The molecule has 0 fully saturated rings. The molecule has 0 radical (unpaired) electrons. The Morgan fingerprint density at radius 1 is 1.03 bits per heavy atom. The van der Waals surface area contributed by atoms with E-state index in [0.717, 1.165) is 25.7 Å². The molecular formula is C31H45N2O4P. The number of ether oxygens (including phenoxy) is 1. The number of benzene rings is 2. The second-order valence-corrected chi connectivity index (χ2v) is 11.7. The van der Waals surface area contributed by atoms with Gasteiger partial charge >= 0.3 is 6.09 Å². The maximum absolute atomic E-state index is 12.4. The first-order valence-electron chi connectivity index (χ1n) is 13.9. The molecule has 0 aromatic heterocycles. The molecule has 0 bridgehead atoms. The van der Waals surface area contributed by atoms with Gasteiger partial charge in [-0.25, -0.2) is 9.46 Å². The van der Waals surface area contributed by atoms with Gasteiger partial charge < -0.3 is 19.1 Å². The Morgan fingerprint density at radius 2 is 1.63 bits per heavy atom. The van der Waals surface area contributed by atoms with E-state index >= 15 is 0 Å². The molecule has 1 aliphatic carbocycles. The number of carbonyl (C=O) groups is 1. The first kappa shape index (κ1) is 30.3. The lowest BCUT2D eigenvalue weighted by atomic mass is 9.98. The molecule has 6 nitrogen and oxygen atoms in total. The van der Waals surface area contributed by atoms with Crippen LogP contribution >= 0.6 is 8.53 Å². The molecule has 7 heteroatoms. The van der Waals surface area contributed by atoms with Gasteiger partial charge in [-0.2, -0.15) is 0 Å². The van der Waals surface area contributed by atoms with E-state index in [-0.39, 0.29) is 18.1 Å². The fourth-order valence-corrected chi connectivity index (χ4v) is 6.84. The topological polar surface area (TPSA) is 60.0 Å². The van der Waals surface area contributed by atoms with Crippen LogP contribution in [0.5, 0.6) is 0 Å². The number of hydrogen-bond acceptors (Lipinski definition) is 5. The minimum absolute atomic E-state index is 0.0741. The van der Waals surface area contributed by atoms with Gasteiger partial charge in [0.15, 0.2) is 0 Å². The third kappa shape index (κ3) is 8.13. The smallest absolute Gasteiger partial charge is 0.407 e. The van der Waals surface area contributed by atoms with Crippen molar-refractivity contribution in [2.45, 2.75) is 84.4 Å². The zero-order valence-electron chi connectivity index (χ0n) is 23.7. The van der Waals surface area contributed by atoms with Crippen LogP contribution in [0.3, 0.4) is 0 Å². The average molecular weight is 541 g/mol. The zero-order chi connectivity index (χ0) is 27.5. The highest BCUT2D eigenvalue weighted by Crippen LogP contribution is 2.48. The van der Waals surface area contributed by atoms with Crippen LogP contribution in [0.15, 0.2) is 61.2 Å². The number of unbranched alkanes of at least 4 members (excludes halogenated alkanes) is 1. The van der Waals surface area contributed by atoms with Crippen LogP contribution in [-0.4, -0.2) is 48.7 Å². The molecule has 0 heterocycles. The van der Waals surface area contributed by atoms with Crippen LogP contribution in [-0.2, 0) is 13.8 Å². The van der Waals surface area contributed by atoms with E-state index in [4.69, 9.17) is 13.8 Å². The summed E-state index contributed by atoms with van der Waals surface area (Å²) >= 11 is 0. The molecule has 1 aliphatic rings. The minimum Gasteiger partial charge on any atom is -0.449 e. The SMILES string of the molecule is C=CCOP(O[C@H](CC)CCCCNC(=O)OCC1c2ccccc2-c2ccccc21)N(C(C)C)C(C)C. The van der Waals surface area contributed by atoms with Gasteiger partial charge in [0.05, 0.1) is 12.7 Å². The Bertz CT molecular complexity index is 975. The number of rotatable bonds is 16. The van der Waals surface area contributed by atoms with Crippen LogP contribution in [0.1, 0.15) is 77.3 Å². The summed E-state index contributed by atoms with van der Waals surface area (Å²) in [4.78, 5) is 12.4. The van der Waals surface area contributed by atoms with Crippen LogP contribution in [0, 0.1) is 0 Å². The highest BCUT2D eigenvalue weighted by atomic mass is 31.2. The molecule has 1 N–H and O–H groups in total. The molecule has 38 heavy (non-hydrogen) atoms. The summed E-state index contributed by atoms with van der Waals surface area (Å²) in [6.45, 7) is 16.0. The van der Waals surface area contributed by atoms with E-state index in [1.165, 1.54) is 22.3 Å². The van der Waals surface area contributed by atoms with Crippen molar-refractivity contribution >= 4 is 14.6 Å². The lowest BCUT2D eigenvalue weighted by Gasteiger charge is -2.37. The van der Waals surface area contributed by atoms with Gasteiger partial charge in [0, 0.05) is 24.5 Å². The Morgan fingerprint density at radius 3 is 2.18 bits per heavy atom. The summed E-state index contributed by atoms with van der Waals surface area (Å²) in [7, 11) is -1.16. The fourth-order valence-electron chi connectivity index (χ4n) is 5.04. The van der Waals surface area contributed by atoms with Gasteiger partial charge in [-0.3, -0.25) is 0 Å². The number of hydrogen-bond donors (Lipinski definition) is 1. The van der Waals surface area contributed by atoms with Crippen molar-refractivity contribution in [3.63, 3.8) is 0 Å². The number of nitrogens with one attached hydrogen (secondary N) is 1. The molecule has 208 valence electrons. The molecule has 1 amide bonds. The standard InChI is InChI=1S/C31H45N2O4P/c1-7-21-36-38(33(23(3)4)24(5)6)37-25(8-2)15-13-14-20-32-31(34)35-22-30-28-18-11-9-16-26(28)27-17-10-12-19-29(27)30/h7,9-12,16-19,23-25,30H,1,8,13-15,20-22H2,2-6H3,(H,32,34)/t25-,38?/m1/s1. The van der Waals surface area contributed by atoms with E-state index in [0.29, 0.717) is 31.8 Å². The monoisotopic (exact) mass is 540 g/mol. The molecule has 0 saturated carbocycles. The number of carbonyl (C=O) groups excluding carboxylic acids is 1. The van der Waals surface area contributed by atoms with Crippen LogP contribution < -0.4 is 5.32 Å². The fraction of sp³-hybridized carbons (Fsp3) is 0.516. The number of fused-ring (bicyclic) bond motifs is 3. The highest BCUT2D eigenvalue weighted by Gasteiger charge is 2.30. The van der Waals surface area contributed by atoms with Crippen molar-refractivity contribution in [3.05, 3.63) is 72.3 Å². The molecule has 3 rings (SSSR count). The first-order chi connectivity index (χ1) is 18.4. The second-order valence-electron chi connectivity index (χ2n) is 10.3. The largest absolute Gasteiger partial charge is 0.449 e. The Hall–Kier alpha value is -2.24. The summed E-state index contributed by atoms with van der Waals surface area (Å²) in [5.74, 6) is 0.0741. The maximum atomic E-state index is 12.4. The molecule has 0 saturated heterocycles. The van der Waals surface area contributed by atoms with Crippen molar-refractivity contribution in [1.82, 2.24) is 9.99 Å². The summed E-state index contributed by atoms with van der Waals surface area (Å²) in [6.07, 6.45) is 5.18. The normalized spacial score (nSPS) is 14.4. The van der Waals surface area contributed by atoms with Crippen LogP contribution in [0.4, 0.5) is 4.79 Å². The van der Waals surface area contributed by atoms with Crippen LogP contribution in [0.2, 0.25) is 0 Å². The number of alkyl carbamates (subject to hydrolysis) is 1. The van der Waals surface area contributed by atoms with E-state index < -0.39 is 8.53 Å². The summed E-state index contributed by atoms with van der Waals surface area (Å²) < 4.78 is 20.5.